The van der Waals surface area contributed by atoms with Crippen molar-refractivity contribution in [2.24, 2.45) is 5.92 Å². The summed E-state index contributed by atoms with van der Waals surface area (Å²) in [5.74, 6) is -0.0359. The molecule has 0 unspecified atom stereocenters. The van der Waals surface area contributed by atoms with E-state index in [1.165, 1.54) is 0 Å². The lowest BCUT2D eigenvalue weighted by atomic mass is 10.1. The molecule has 1 amide bonds. The standard InChI is InChI=1S/C17H21FIN3O3/c1-17(2,3)25-16(23)22-7-6-10(8-22)9-24-12-5-4-11-13(14(12)18)15(19)21-20-11/h4-5,10H,6-9H2,1-3H3,(H,20,21)/t10-/m1/s1. The number of H-pyrrole nitrogens is 1. The van der Waals surface area contributed by atoms with E-state index in [4.69, 9.17) is 9.47 Å². The van der Waals surface area contributed by atoms with E-state index in [0.29, 0.717) is 34.3 Å². The lowest BCUT2D eigenvalue weighted by Crippen LogP contribution is -2.35. The summed E-state index contributed by atoms with van der Waals surface area (Å²) < 4.78 is 26.3. The van der Waals surface area contributed by atoms with Gasteiger partial charge in [0.05, 0.1) is 17.5 Å². The number of benzene rings is 1. The van der Waals surface area contributed by atoms with Crippen LogP contribution in [0.1, 0.15) is 27.2 Å². The van der Waals surface area contributed by atoms with Crippen molar-refractivity contribution in [3.63, 3.8) is 0 Å². The molecular formula is C17H21FIN3O3. The molecule has 1 atom stereocenters. The summed E-state index contributed by atoms with van der Waals surface area (Å²) in [7, 11) is 0. The van der Waals surface area contributed by atoms with Crippen LogP contribution in [0.4, 0.5) is 9.18 Å². The van der Waals surface area contributed by atoms with Crippen LogP contribution in [0.25, 0.3) is 10.9 Å². The molecular weight excluding hydrogens is 440 g/mol. The van der Waals surface area contributed by atoms with Gasteiger partial charge in [-0.3, -0.25) is 5.10 Å². The van der Waals surface area contributed by atoms with E-state index in [2.05, 4.69) is 10.2 Å². The van der Waals surface area contributed by atoms with Gasteiger partial charge in [-0.1, -0.05) is 0 Å². The summed E-state index contributed by atoms with van der Waals surface area (Å²) in [4.78, 5) is 13.8. The number of aromatic nitrogens is 2. The molecule has 2 heterocycles. The number of hydrogen-bond donors (Lipinski definition) is 1. The molecule has 136 valence electrons. The largest absolute Gasteiger partial charge is 0.490 e. The van der Waals surface area contributed by atoms with Crippen LogP contribution < -0.4 is 4.74 Å². The van der Waals surface area contributed by atoms with Crippen LogP contribution in [-0.2, 0) is 4.74 Å². The summed E-state index contributed by atoms with van der Waals surface area (Å²) in [6, 6.07) is 3.32. The summed E-state index contributed by atoms with van der Waals surface area (Å²) in [6.45, 7) is 7.08. The number of nitrogens with one attached hydrogen (secondary N) is 1. The van der Waals surface area contributed by atoms with Gasteiger partial charge in [0.1, 0.15) is 9.30 Å². The Morgan fingerprint density at radius 1 is 1.48 bits per heavy atom. The Kier molecular flexibility index (Phi) is 5.08. The van der Waals surface area contributed by atoms with E-state index < -0.39 is 11.4 Å². The Labute approximate surface area is 159 Å². The van der Waals surface area contributed by atoms with Gasteiger partial charge in [0.15, 0.2) is 11.6 Å². The first-order valence-corrected chi connectivity index (χ1v) is 9.25. The number of aromatic amines is 1. The highest BCUT2D eigenvalue weighted by Crippen LogP contribution is 2.29. The summed E-state index contributed by atoms with van der Waals surface area (Å²) in [5, 5.41) is 7.24. The van der Waals surface area contributed by atoms with E-state index in [-0.39, 0.29) is 17.8 Å². The third kappa shape index (κ3) is 4.16. The Morgan fingerprint density at radius 2 is 2.24 bits per heavy atom. The third-order valence-corrected chi connectivity index (χ3v) is 4.77. The number of fused-ring (bicyclic) bond motifs is 1. The second kappa shape index (κ2) is 6.97. The fraction of sp³-hybridized carbons (Fsp3) is 0.529. The lowest BCUT2D eigenvalue weighted by Gasteiger charge is -2.24. The van der Waals surface area contributed by atoms with Gasteiger partial charge >= 0.3 is 6.09 Å². The molecule has 1 saturated heterocycles. The minimum Gasteiger partial charge on any atom is -0.490 e. The maximum atomic E-state index is 14.6. The molecule has 6 nitrogen and oxygen atoms in total. The van der Waals surface area contributed by atoms with Crippen molar-refractivity contribution < 1.29 is 18.7 Å². The molecule has 8 heteroatoms. The molecule has 1 aromatic heterocycles. The number of ether oxygens (including phenoxy) is 2. The Bertz CT molecular complexity index is 787. The van der Waals surface area contributed by atoms with Crippen molar-refractivity contribution in [1.29, 1.82) is 0 Å². The average Bonchev–Trinajstić information content (AvgIpc) is 3.12. The minimum atomic E-state index is -0.508. The highest BCUT2D eigenvalue weighted by molar-refractivity contribution is 14.1. The molecule has 1 aliphatic rings. The number of rotatable bonds is 3. The molecule has 0 saturated carbocycles. The number of likely N-dealkylation sites (tertiary alicyclic amines) is 1. The molecule has 1 aromatic carbocycles. The lowest BCUT2D eigenvalue weighted by molar-refractivity contribution is 0.0284. The van der Waals surface area contributed by atoms with Crippen LogP contribution in [0.2, 0.25) is 0 Å². The molecule has 0 bridgehead atoms. The number of halogens is 2. The summed E-state index contributed by atoms with van der Waals surface area (Å²) in [6.07, 6.45) is 0.502. The number of carbonyl (C=O) groups is 1. The van der Waals surface area contributed by atoms with Crippen LogP contribution in [0.15, 0.2) is 12.1 Å². The van der Waals surface area contributed by atoms with Gasteiger partial charge in [-0.15, -0.1) is 0 Å². The molecule has 3 rings (SSSR count). The van der Waals surface area contributed by atoms with E-state index in [0.717, 1.165) is 6.42 Å². The van der Waals surface area contributed by atoms with Crippen molar-refractivity contribution in [2.45, 2.75) is 32.8 Å². The van der Waals surface area contributed by atoms with Crippen molar-refractivity contribution in [1.82, 2.24) is 15.1 Å². The van der Waals surface area contributed by atoms with E-state index in [1.807, 2.05) is 43.4 Å². The van der Waals surface area contributed by atoms with Crippen LogP contribution in [0, 0.1) is 15.4 Å². The zero-order valence-electron chi connectivity index (χ0n) is 14.4. The molecule has 1 N–H and O–H groups in total. The van der Waals surface area contributed by atoms with Gasteiger partial charge < -0.3 is 14.4 Å². The smallest absolute Gasteiger partial charge is 0.410 e. The molecule has 0 radical (unpaired) electrons. The van der Waals surface area contributed by atoms with Gasteiger partial charge in [-0.2, -0.15) is 5.10 Å². The quantitative estimate of drug-likeness (QED) is 0.704. The first-order valence-electron chi connectivity index (χ1n) is 8.17. The number of carbonyl (C=O) groups excluding carboxylic acids is 1. The van der Waals surface area contributed by atoms with Crippen LogP contribution in [0.5, 0.6) is 5.75 Å². The van der Waals surface area contributed by atoms with Gasteiger partial charge in [0.2, 0.25) is 0 Å². The SMILES string of the molecule is CC(C)(C)OC(=O)N1CC[C@@H](COc2ccc3n[nH]c(I)c3c2F)C1. The Balaban J connectivity index is 1.59. The monoisotopic (exact) mass is 461 g/mol. The summed E-state index contributed by atoms with van der Waals surface area (Å²) >= 11 is 2.01. The minimum absolute atomic E-state index is 0.158. The molecule has 2 aromatic rings. The maximum absolute atomic E-state index is 14.6. The first kappa shape index (κ1) is 18.2. The maximum Gasteiger partial charge on any atom is 0.410 e. The number of hydrogen-bond acceptors (Lipinski definition) is 4. The molecule has 0 spiro atoms. The van der Waals surface area contributed by atoms with Crippen LogP contribution >= 0.6 is 22.6 Å². The average molecular weight is 461 g/mol. The van der Waals surface area contributed by atoms with Gasteiger partial charge in [-0.25, -0.2) is 9.18 Å². The molecule has 1 aliphatic heterocycles. The number of amides is 1. The van der Waals surface area contributed by atoms with Gasteiger partial charge in [0.25, 0.3) is 0 Å². The van der Waals surface area contributed by atoms with E-state index in [9.17, 15) is 9.18 Å². The second-order valence-corrected chi connectivity index (χ2v) is 8.28. The summed E-state index contributed by atoms with van der Waals surface area (Å²) in [5.41, 5.74) is 0.0672. The van der Waals surface area contributed by atoms with Crippen LogP contribution in [-0.4, -0.2) is 46.5 Å². The van der Waals surface area contributed by atoms with Crippen molar-refractivity contribution >= 4 is 39.6 Å². The fourth-order valence-corrected chi connectivity index (χ4v) is 3.43. The predicted molar refractivity (Wildman–Crippen MR) is 100 cm³/mol. The Morgan fingerprint density at radius 3 is 2.96 bits per heavy atom. The van der Waals surface area contributed by atoms with Crippen LogP contribution in [0.3, 0.4) is 0 Å². The molecule has 1 fully saturated rings. The highest BCUT2D eigenvalue weighted by Gasteiger charge is 2.30. The van der Waals surface area contributed by atoms with E-state index >= 15 is 0 Å². The zero-order valence-corrected chi connectivity index (χ0v) is 16.6. The number of nitrogens with zero attached hydrogens (tertiary/aromatic N) is 2. The highest BCUT2D eigenvalue weighted by atomic mass is 127. The van der Waals surface area contributed by atoms with Gasteiger partial charge in [-0.05, 0) is 61.9 Å². The molecule has 25 heavy (non-hydrogen) atoms. The van der Waals surface area contributed by atoms with Crippen molar-refractivity contribution in [3.05, 3.63) is 21.7 Å². The topological polar surface area (TPSA) is 67.4 Å². The fourth-order valence-electron chi connectivity index (χ4n) is 2.79. The first-order chi connectivity index (χ1) is 11.7. The zero-order chi connectivity index (χ0) is 18.2. The van der Waals surface area contributed by atoms with Crippen molar-refractivity contribution in [3.8, 4) is 5.75 Å². The Hall–Kier alpha value is -1.58. The van der Waals surface area contributed by atoms with Crippen molar-refractivity contribution in [2.75, 3.05) is 19.7 Å². The van der Waals surface area contributed by atoms with E-state index in [1.54, 1.807) is 17.0 Å². The predicted octanol–water partition coefficient (Wildman–Crippen LogP) is 3.94. The normalized spacial score (nSPS) is 18.0. The second-order valence-electron chi connectivity index (χ2n) is 7.20. The molecule has 0 aliphatic carbocycles. The third-order valence-electron chi connectivity index (χ3n) is 3.99. The van der Waals surface area contributed by atoms with Gasteiger partial charge in [0, 0.05) is 19.0 Å².